The molecule has 0 N–H and O–H groups in total. The van der Waals surface area contributed by atoms with Gasteiger partial charge in [-0.2, -0.15) is 0 Å². The maximum Gasteiger partial charge on any atom is -0.00820 e. The molecule has 0 saturated heterocycles. The van der Waals surface area contributed by atoms with Crippen molar-refractivity contribution in [2.45, 2.75) is 6.42 Å². The largest absolute Gasteiger partial charge is 0.0795 e. The lowest BCUT2D eigenvalue weighted by molar-refractivity contribution is 1.32. The number of hydrogen-bond donors (Lipinski definition) is 0. The molecule has 1 aromatic rings. The van der Waals surface area contributed by atoms with Crippen LogP contribution in [0.5, 0.6) is 0 Å². The third-order valence-electron chi connectivity index (χ3n) is 2.92. The Kier molecular flexibility index (Phi) is 1.92. The van der Waals surface area contributed by atoms with Crippen molar-refractivity contribution in [3.8, 4) is 0 Å². The highest BCUT2D eigenvalue weighted by molar-refractivity contribution is 5.80. The van der Waals surface area contributed by atoms with Crippen LogP contribution in [0.2, 0.25) is 0 Å². The van der Waals surface area contributed by atoms with Crippen LogP contribution in [0.1, 0.15) is 12.0 Å². The second-order valence-corrected chi connectivity index (χ2v) is 3.85. The summed E-state index contributed by atoms with van der Waals surface area (Å²) in [6.07, 6.45) is 12.0. The van der Waals surface area contributed by atoms with E-state index in [2.05, 4.69) is 60.7 Å². The number of fused-ring (bicyclic) bond motifs is 1. The molecule has 0 radical (unpaired) electrons. The Morgan fingerprint density at radius 3 is 2.67 bits per heavy atom. The molecule has 0 unspecified atom stereocenters. The van der Waals surface area contributed by atoms with Gasteiger partial charge in [-0.1, -0.05) is 60.7 Å². The van der Waals surface area contributed by atoms with Crippen LogP contribution in [-0.4, -0.2) is 0 Å². The highest BCUT2D eigenvalue weighted by atomic mass is 14.2. The number of hydrogen-bond acceptors (Lipinski definition) is 0. The van der Waals surface area contributed by atoms with E-state index in [4.69, 9.17) is 0 Å². The average molecular weight is 192 g/mol. The second-order valence-electron chi connectivity index (χ2n) is 3.85. The van der Waals surface area contributed by atoms with Crippen molar-refractivity contribution >= 4 is 5.57 Å². The van der Waals surface area contributed by atoms with Crippen molar-refractivity contribution < 1.29 is 0 Å². The Balaban J connectivity index is 2.14. The fourth-order valence-corrected chi connectivity index (χ4v) is 2.18. The summed E-state index contributed by atoms with van der Waals surface area (Å²) in [4.78, 5) is 0. The first kappa shape index (κ1) is 8.49. The zero-order chi connectivity index (χ0) is 10.1. The monoisotopic (exact) mass is 192 g/mol. The lowest BCUT2D eigenvalue weighted by Crippen LogP contribution is -1.94. The maximum absolute atomic E-state index is 2.24. The smallest absolute Gasteiger partial charge is 0.00820 e. The number of rotatable bonds is 1. The van der Waals surface area contributed by atoms with Gasteiger partial charge < -0.3 is 0 Å². The molecule has 0 fully saturated rings. The van der Waals surface area contributed by atoms with Gasteiger partial charge in [0, 0.05) is 0 Å². The van der Waals surface area contributed by atoms with Gasteiger partial charge in [-0.3, -0.25) is 0 Å². The minimum Gasteiger partial charge on any atom is -0.0795 e. The summed E-state index contributed by atoms with van der Waals surface area (Å²) >= 11 is 0. The van der Waals surface area contributed by atoms with E-state index in [9.17, 15) is 0 Å². The van der Waals surface area contributed by atoms with Crippen LogP contribution in [0.25, 0.3) is 5.57 Å². The van der Waals surface area contributed by atoms with Gasteiger partial charge in [0.25, 0.3) is 0 Å². The number of allylic oxidation sites excluding steroid dienone is 8. The second kappa shape index (κ2) is 3.39. The Morgan fingerprint density at radius 2 is 1.80 bits per heavy atom. The van der Waals surface area contributed by atoms with Crippen LogP contribution < -0.4 is 0 Å². The van der Waals surface area contributed by atoms with Gasteiger partial charge in [-0.05, 0) is 28.7 Å². The maximum atomic E-state index is 2.24. The molecule has 0 bridgehead atoms. The van der Waals surface area contributed by atoms with Crippen LogP contribution in [0.4, 0.5) is 0 Å². The molecular weight excluding hydrogens is 180 g/mol. The van der Waals surface area contributed by atoms with Gasteiger partial charge in [0.2, 0.25) is 0 Å². The van der Waals surface area contributed by atoms with Crippen LogP contribution >= 0.6 is 0 Å². The SMILES string of the molecule is C1=CC2=C(c3ccccc3)CC=CC2=C1. The summed E-state index contributed by atoms with van der Waals surface area (Å²) in [5.41, 5.74) is 5.52. The molecule has 15 heavy (non-hydrogen) atoms. The van der Waals surface area contributed by atoms with Crippen molar-refractivity contribution in [2.24, 2.45) is 0 Å². The predicted molar refractivity (Wildman–Crippen MR) is 64.3 cm³/mol. The molecule has 0 saturated carbocycles. The molecule has 2 aliphatic rings. The topological polar surface area (TPSA) is 0 Å². The van der Waals surface area contributed by atoms with Gasteiger partial charge in [0.05, 0.1) is 0 Å². The van der Waals surface area contributed by atoms with Crippen molar-refractivity contribution in [3.63, 3.8) is 0 Å². The highest BCUT2D eigenvalue weighted by Crippen LogP contribution is 2.34. The molecule has 0 aliphatic heterocycles. The van der Waals surface area contributed by atoms with E-state index in [1.54, 1.807) is 0 Å². The lowest BCUT2D eigenvalue weighted by Gasteiger charge is -2.14. The fraction of sp³-hybridized carbons (Fsp3) is 0.0667. The molecule has 0 atom stereocenters. The normalized spacial score (nSPS) is 18.0. The van der Waals surface area contributed by atoms with Gasteiger partial charge in [0.1, 0.15) is 0 Å². The summed E-state index contributed by atoms with van der Waals surface area (Å²) in [5, 5.41) is 0. The van der Waals surface area contributed by atoms with Crippen LogP contribution in [-0.2, 0) is 0 Å². The quantitative estimate of drug-likeness (QED) is 0.633. The van der Waals surface area contributed by atoms with Gasteiger partial charge in [-0.15, -0.1) is 0 Å². The zero-order valence-electron chi connectivity index (χ0n) is 8.48. The summed E-state index contributed by atoms with van der Waals surface area (Å²) in [6.45, 7) is 0. The van der Waals surface area contributed by atoms with E-state index >= 15 is 0 Å². The van der Waals surface area contributed by atoms with Crippen LogP contribution in [0.15, 0.2) is 71.9 Å². The van der Waals surface area contributed by atoms with Gasteiger partial charge in [0.15, 0.2) is 0 Å². The summed E-state index contributed by atoms with van der Waals surface area (Å²) in [6, 6.07) is 10.6. The Bertz CT molecular complexity index is 496. The summed E-state index contributed by atoms with van der Waals surface area (Å²) in [7, 11) is 0. The third-order valence-corrected chi connectivity index (χ3v) is 2.92. The van der Waals surface area contributed by atoms with Gasteiger partial charge >= 0.3 is 0 Å². The Hall–Kier alpha value is -1.82. The molecule has 0 heterocycles. The molecule has 0 spiro atoms. The van der Waals surface area contributed by atoms with Gasteiger partial charge in [-0.25, -0.2) is 0 Å². The predicted octanol–water partition coefficient (Wildman–Crippen LogP) is 3.90. The van der Waals surface area contributed by atoms with Crippen molar-refractivity contribution in [1.29, 1.82) is 0 Å². The Labute approximate surface area is 89.9 Å². The first-order chi connectivity index (χ1) is 7.45. The first-order valence-electron chi connectivity index (χ1n) is 5.29. The lowest BCUT2D eigenvalue weighted by atomic mass is 9.90. The molecule has 1 aromatic carbocycles. The zero-order valence-corrected chi connectivity index (χ0v) is 8.48. The van der Waals surface area contributed by atoms with E-state index in [-0.39, 0.29) is 0 Å². The van der Waals surface area contributed by atoms with Crippen molar-refractivity contribution in [1.82, 2.24) is 0 Å². The van der Waals surface area contributed by atoms with Crippen LogP contribution in [0, 0.1) is 0 Å². The van der Waals surface area contributed by atoms with E-state index in [0.29, 0.717) is 0 Å². The minimum atomic E-state index is 1.04. The summed E-state index contributed by atoms with van der Waals surface area (Å²) in [5.74, 6) is 0. The number of benzene rings is 1. The van der Waals surface area contributed by atoms with Crippen molar-refractivity contribution in [2.75, 3.05) is 0 Å². The molecule has 0 heteroatoms. The molecule has 2 aliphatic carbocycles. The third kappa shape index (κ3) is 1.39. The standard InChI is InChI=1S/C15H12/c1-2-6-12(7-3-1)14-10-4-8-13-9-5-11-15(13)14/h1-9,11H,10H2. The molecule has 0 nitrogen and oxygen atoms in total. The van der Waals surface area contributed by atoms with E-state index in [1.807, 2.05) is 0 Å². The first-order valence-corrected chi connectivity index (χ1v) is 5.29. The summed E-state index contributed by atoms with van der Waals surface area (Å²) < 4.78 is 0. The molecule has 0 aromatic heterocycles. The van der Waals surface area contributed by atoms with Crippen molar-refractivity contribution in [3.05, 3.63) is 77.4 Å². The average Bonchev–Trinajstić information content (AvgIpc) is 2.78. The molecular formula is C15H12. The fourth-order valence-electron chi connectivity index (χ4n) is 2.18. The van der Waals surface area contributed by atoms with Crippen LogP contribution in [0.3, 0.4) is 0 Å². The molecule has 0 amide bonds. The highest BCUT2D eigenvalue weighted by Gasteiger charge is 2.14. The minimum absolute atomic E-state index is 1.04. The van der Waals surface area contributed by atoms with E-state index in [0.717, 1.165) is 6.42 Å². The molecule has 72 valence electrons. The van der Waals surface area contributed by atoms with E-state index in [1.165, 1.54) is 22.3 Å². The molecule has 3 rings (SSSR count). The van der Waals surface area contributed by atoms with E-state index < -0.39 is 0 Å². The Morgan fingerprint density at radius 1 is 0.933 bits per heavy atom.